The van der Waals surface area contributed by atoms with Gasteiger partial charge in [-0.2, -0.15) is 13.9 Å². The van der Waals surface area contributed by atoms with E-state index in [1.807, 2.05) is 36.5 Å². The highest BCUT2D eigenvalue weighted by Crippen LogP contribution is 2.29. The molecule has 0 aliphatic carbocycles. The Morgan fingerprint density at radius 1 is 1.14 bits per heavy atom. The third kappa shape index (κ3) is 5.06. The molecule has 0 unspecified atom stereocenters. The molecule has 0 spiro atoms. The van der Waals surface area contributed by atoms with E-state index in [1.54, 1.807) is 10.9 Å². The van der Waals surface area contributed by atoms with Gasteiger partial charge in [0.2, 0.25) is 0 Å². The van der Waals surface area contributed by atoms with Crippen LogP contribution in [0.2, 0.25) is 0 Å². The van der Waals surface area contributed by atoms with Crippen LogP contribution in [-0.2, 0) is 13.1 Å². The predicted octanol–water partition coefficient (Wildman–Crippen LogP) is 3.47. The summed E-state index contributed by atoms with van der Waals surface area (Å²) in [6.07, 6.45) is 3.51. The summed E-state index contributed by atoms with van der Waals surface area (Å²) in [7, 11) is 1.33. The summed E-state index contributed by atoms with van der Waals surface area (Å²) in [4.78, 5) is 12.3. The Kier molecular flexibility index (Phi) is 6.21. The molecule has 0 aliphatic heterocycles. The maximum absolute atomic E-state index is 12.5. The zero-order valence-electron chi connectivity index (χ0n) is 15.1. The number of alkyl halides is 2. The summed E-state index contributed by atoms with van der Waals surface area (Å²) in [6, 6.07) is 14.0. The standard InChI is InChI=1S/C20H19F2N3O3/c1-27-17-8-7-16(9-18(17)28-20(21)22)19(26)23-10-15-11-24-25(13-15)12-14-5-3-2-4-6-14/h2-9,11,13,20H,10,12H2,1H3,(H,23,26). The first kappa shape index (κ1) is 19.3. The number of hydrogen-bond donors (Lipinski definition) is 1. The number of ether oxygens (including phenoxy) is 2. The topological polar surface area (TPSA) is 65.4 Å². The number of nitrogens with one attached hydrogen (secondary N) is 1. The molecule has 0 fully saturated rings. The van der Waals surface area contributed by atoms with Crippen LogP contribution in [0.1, 0.15) is 21.5 Å². The van der Waals surface area contributed by atoms with E-state index < -0.39 is 12.5 Å². The number of hydrogen-bond acceptors (Lipinski definition) is 4. The molecule has 0 saturated heterocycles. The Balaban J connectivity index is 1.61. The highest BCUT2D eigenvalue weighted by molar-refractivity contribution is 5.94. The van der Waals surface area contributed by atoms with Crippen LogP contribution in [0.5, 0.6) is 11.5 Å². The minimum Gasteiger partial charge on any atom is -0.493 e. The molecule has 146 valence electrons. The summed E-state index contributed by atoms with van der Waals surface area (Å²) >= 11 is 0. The average molecular weight is 387 g/mol. The molecular weight excluding hydrogens is 368 g/mol. The van der Waals surface area contributed by atoms with Crippen LogP contribution in [0, 0.1) is 0 Å². The van der Waals surface area contributed by atoms with Crippen molar-refractivity contribution in [2.24, 2.45) is 0 Å². The van der Waals surface area contributed by atoms with Gasteiger partial charge in [0.1, 0.15) is 0 Å². The van der Waals surface area contributed by atoms with E-state index in [9.17, 15) is 13.6 Å². The number of carbonyl (C=O) groups is 1. The van der Waals surface area contributed by atoms with Gasteiger partial charge in [-0.3, -0.25) is 9.48 Å². The van der Waals surface area contributed by atoms with Gasteiger partial charge < -0.3 is 14.8 Å². The van der Waals surface area contributed by atoms with Crippen molar-refractivity contribution in [1.82, 2.24) is 15.1 Å². The first-order valence-corrected chi connectivity index (χ1v) is 8.51. The molecule has 1 heterocycles. The number of carbonyl (C=O) groups excluding carboxylic acids is 1. The monoisotopic (exact) mass is 387 g/mol. The van der Waals surface area contributed by atoms with Crippen molar-refractivity contribution < 1.29 is 23.0 Å². The SMILES string of the molecule is COc1ccc(C(=O)NCc2cnn(Cc3ccccc3)c2)cc1OC(F)F. The summed E-state index contributed by atoms with van der Waals surface area (Å²) in [5.41, 5.74) is 2.13. The van der Waals surface area contributed by atoms with Gasteiger partial charge in [0.15, 0.2) is 11.5 Å². The minimum atomic E-state index is -3.01. The van der Waals surface area contributed by atoms with E-state index >= 15 is 0 Å². The molecule has 0 bridgehead atoms. The number of rotatable bonds is 8. The number of amides is 1. The van der Waals surface area contributed by atoms with Crippen LogP contribution in [0.4, 0.5) is 8.78 Å². The van der Waals surface area contributed by atoms with Crippen LogP contribution in [0.25, 0.3) is 0 Å². The molecule has 1 aromatic heterocycles. The van der Waals surface area contributed by atoms with Crippen LogP contribution >= 0.6 is 0 Å². The Bertz CT molecular complexity index is 929. The lowest BCUT2D eigenvalue weighted by Crippen LogP contribution is -2.22. The van der Waals surface area contributed by atoms with Crippen LogP contribution in [-0.4, -0.2) is 29.4 Å². The Labute approximate surface area is 160 Å². The normalized spacial score (nSPS) is 10.7. The van der Waals surface area contributed by atoms with E-state index in [-0.39, 0.29) is 23.6 Å². The predicted molar refractivity (Wildman–Crippen MR) is 98.6 cm³/mol. The molecule has 28 heavy (non-hydrogen) atoms. The Hall–Kier alpha value is -3.42. The minimum absolute atomic E-state index is 0.124. The van der Waals surface area contributed by atoms with Gasteiger partial charge in [-0.05, 0) is 23.8 Å². The average Bonchev–Trinajstić information content (AvgIpc) is 3.13. The van der Waals surface area contributed by atoms with Gasteiger partial charge in [0, 0.05) is 23.9 Å². The smallest absolute Gasteiger partial charge is 0.387 e. The molecule has 0 saturated carbocycles. The fourth-order valence-corrected chi connectivity index (χ4v) is 2.65. The largest absolute Gasteiger partial charge is 0.493 e. The van der Waals surface area contributed by atoms with Crippen LogP contribution < -0.4 is 14.8 Å². The second kappa shape index (κ2) is 8.98. The van der Waals surface area contributed by atoms with Gasteiger partial charge >= 0.3 is 6.61 Å². The van der Waals surface area contributed by atoms with Gasteiger partial charge in [-0.25, -0.2) is 0 Å². The lowest BCUT2D eigenvalue weighted by Gasteiger charge is -2.11. The third-order valence-corrected chi connectivity index (χ3v) is 3.97. The maximum atomic E-state index is 12.5. The van der Waals surface area contributed by atoms with Crippen molar-refractivity contribution in [2.75, 3.05) is 7.11 Å². The summed E-state index contributed by atoms with van der Waals surface area (Å²) < 4.78 is 36.2. The van der Waals surface area contributed by atoms with Crippen LogP contribution in [0.3, 0.4) is 0 Å². The van der Waals surface area contributed by atoms with E-state index in [2.05, 4.69) is 15.2 Å². The van der Waals surface area contributed by atoms with Gasteiger partial charge in [0.05, 0.1) is 19.9 Å². The number of nitrogens with zero attached hydrogens (tertiary/aromatic N) is 2. The molecule has 1 amide bonds. The molecule has 3 aromatic rings. The van der Waals surface area contributed by atoms with Crippen molar-refractivity contribution in [3.8, 4) is 11.5 Å². The summed E-state index contributed by atoms with van der Waals surface area (Å²) in [5.74, 6) is -0.488. The molecule has 2 aromatic carbocycles. The van der Waals surface area contributed by atoms with E-state index in [4.69, 9.17) is 4.74 Å². The lowest BCUT2D eigenvalue weighted by atomic mass is 10.2. The van der Waals surface area contributed by atoms with E-state index in [1.165, 1.54) is 25.3 Å². The first-order valence-electron chi connectivity index (χ1n) is 8.51. The molecule has 3 rings (SSSR count). The lowest BCUT2D eigenvalue weighted by molar-refractivity contribution is -0.0512. The molecule has 0 radical (unpaired) electrons. The Morgan fingerprint density at radius 3 is 2.64 bits per heavy atom. The molecule has 0 aliphatic rings. The van der Waals surface area contributed by atoms with Gasteiger partial charge in [0.25, 0.3) is 5.91 Å². The molecule has 6 nitrogen and oxygen atoms in total. The number of benzene rings is 2. The quantitative estimate of drug-likeness (QED) is 0.643. The third-order valence-electron chi connectivity index (χ3n) is 3.97. The fraction of sp³-hybridized carbons (Fsp3) is 0.200. The Morgan fingerprint density at radius 2 is 1.93 bits per heavy atom. The highest BCUT2D eigenvalue weighted by Gasteiger charge is 2.14. The van der Waals surface area contributed by atoms with Crippen molar-refractivity contribution in [3.63, 3.8) is 0 Å². The van der Waals surface area contributed by atoms with Crippen molar-refractivity contribution in [3.05, 3.63) is 77.6 Å². The number of aromatic nitrogens is 2. The summed E-state index contributed by atoms with van der Waals surface area (Å²) in [5, 5.41) is 7.01. The highest BCUT2D eigenvalue weighted by atomic mass is 19.3. The van der Waals surface area contributed by atoms with Crippen molar-refractivity contribution in [1.29, 1.82) is 0 Å². The molecule has 0 atom stereocenters. The first-order chi connectivity index (χ1) is 13.5. The zero-order valence-corrected chi connectivity index (χ0v) is 15.1. The van der Waals surface area contributed by atoms with E-state index in [0.29, 0.717) is 6.54 Å². The molecule has 1 N–H and O–H groups in total. The van der Waals surface area contributed by atoms with Crippen molar-refractivity contribution in [2.45, 2.75) is 19.7 Å². The second-order valence-electron chi connectivity index (χ2n) is 5.96. The van der Waals surface area contributed by atoms with E-state index in [0.717, 1.165) is 11.1 Å². The van der Waals surface area contributed by atoms with Crippen LogP contribution in [0.15, 0.2) is 60.9 Å². The summed E-state index contributed by atoms with van der Waals surface area (Å²) in [6.45, 7) is -2.13. The second-order valence-corrected chi connectivity index (χ2v) is 5.96. The molecule has 8 heteroatoms. The maximum Gasteiger partial charge on any atom is 0.387 e. The zero-order chi connectivity index (χ0) is 19.9. The van der Waals surface area contributed by atoms with Gasteiger partial charge in [-0.15, -0.1) is 0 Å². The molecular formula is C20H19F2N3O3. The van der Waals surface area contributed by atoms with Crippen molar-refractivity contribution >= 4 is 5.91 Å². The number of halogens is 2. The fourth-order valence-electron chi connectivity index (χ4n) is 2.65. The van der Waals surface area contributed by atoms with Gasteiger partial charge in [-0.1, -0.05) is 30.3 Å². The number of methoxy groups -OCH3 is 1.